The quantitative estimate of drug-likeness (QED) is 0.881. The molecule has 1 amide bonds. The molecule has 0 aliphatic heterocycles. The molecule has 6 heteroatoms. The molecule has 0 bridgehead atoms. The number of nitrogens with zero attached hydrogens (tertiary/aromatic N) is 3. The highest BCUT2D eigenvalue weighted by Crippen LogP contribution is 2.11. The van der Waals surface area contributed by atoms with Gasteiger partial charge in [0.15, 0.2) is 5.82 Å². The van der Waals surface area contributed by atoms with Crippen LogP contribution in [0.4, 0.5) is 4.79 Å². The van der Waals surface area contributed by atoms with Crippen molar-refractivity contribution < 1.29 is 9.53 Å². The van der Waals surface area contributed by atoms with Crippen molar-refractivity contribution in [3.05, 3.63) is 53.6 Å². The van der Waals surface area contributed by atoms with Gasteiger partial charge in [0, 0.05) is 18.8 Å². The summed E-state index contributed by atoms with van der Waals surface area (Å²) in [5.41, 5.74) is 1.37. The number of carbonyl (C=O) groups is 1. The third-order valence-corrected chi connectivity index (χ3v) is 2.85. The van der Waals surface area contributed by atoms with Crippen LogP contribution in [0.3, 0.4) is 0 Å². The maximum Gasteiger partial charge on any atom is 0.434 e. The Labute approximate surface area is 134 Å². The van der Waals surface area contributed by atoms with E-state index in [9.17, 15) is 4.79 Å². The predicted molar refractivity (Wildman–Crippen MR) is 86.2 cm³/mol. The second-order valence-corrected chi connectivity index (χ2v) is 5.96. The van der Waals surface area contributed by atoms with E-state index in [4.69, 9.17) is 10.00 Å². The predicted octanol–water partition coefficient (Wildman–Crippen LogP) is 3.25. The number of nitriles is 1. The molecule has 0 fully saturated rings. The fourth-order valence-corrected chi connectivity index (χ4v) is 1.88. The Hall–Kier alpha value is -2.94. The molecule has 1 aromatic carbocycles. The molecule has 2 aromatic rings. The fourth-order valence-electron chi connectivity index (χ4n) is 1.88. The number of aromatic amines is 1. The molecular formula is C17H18N4O2. The third-order valence-electron chi connectivity index (χ3n) is 2.85. The second-order valence-electron chi connectivity index (χ2n) is 5.96. The number of carbonyl (C=O) groups excluding carboxylic acids is 1. The number of hydrogen-bond acceptors (Lipinski definition) is 4. The average molecular weight is 310 g/mol. The van der Waals surface area contributed by atoms with Gasteiger partial charge in [-0.1, -0.05) is 12.1 Å². The number of aromatic nitrogens is 2. The summed E-state index contributed by atoms with van der Waals surface area (Å²) in [4.78, 5) is 23.1. The minimum absolute atomic E-state index is 0.401. The van der Waals surface area contributed by atoms with Crippen LogP contribution in [0.1, 0.15) is 37.7 Å². The molecule has 0 atom stereocenters. The molecule has 23 heavy (non-hydrogen) atoms. The molecule has 118 valence electrons. The summed E-state index contributed by atoms with van der Waals surface area (Å²) in [6.45, 7) is 5.36. The summed E-state index contributed by atoms with van der Waals surface area (Å²) < 4.78 is 5.23. The number of benzene rings is 1. The molecule has 0 aliphatic carbocycles. The van der Waals surface area contributed by atoms with Gasteiger partial charge in [-0.25, -0.2) is 9.78 Å². The molecule has 1 aromatic heterocycles. The standard InChI is InChI=1S/C17H18N4O2/c1-17(2,3)23-16(22)21-14(15-19-8-9-20-15)10-12-4-6-13(11-18)7-5-12/h4-9H,10H2,1-3H3,(H,19,20). The number of H-pyrrole nitrogens is 1. The van der Waals surface area contributed by atoms with E-state index in [2.05, 4.69) is 21.0 Å². The van der Waals surface area contributed by atoms with Crippen LogP contribution in [0.25, 0.3) is 0 Å². The number of hydrogen-bond donors (Lipinski definition) is 1. The first-order valence-electron chi connectivity index (χ1n) is 7.17. The first-order chi connectivity index (χ1) is 10.9. The van der Waals surface area contributed by atoms with Gasteiger partial charge in [0.2, 0.25) is 0 Å². The maximum absolute atomic E-state index is 12.0. The lowest BCUT2D eigenvalue weighted by Gasteiger charge is -2.17. The van der Waals surface area contributed by atoms with Gasteiger partial charge in [0.1, 0.15) is 5.60 Å². The van der Waals surface area contributed by atoms with Gasteiger partial charge in [-0.15, -0.1) is 0 Å². The number of amides is 1. The zero-order valence-corrected chi connectivity index (χ0v) is 13.3. The smallest absolute Gasteiger partial charge is 0.434 e. The Balaban J connectivity index is 2.24. The van der Waals surface area contributed by atoms with Crippen molar-refractivity contribution in [3.8, 4) is 6.07 Å². The van der Waals surface area contributed by atoms with Crippen LogP contribution in [0, 0.1) is 11.3 Å². The van der Waals surface area contributed by atoms with E-state index in [-0.39, 0.29) is 0 Å². The maximum atomic E-state index is 12.0. The van der Waals surface area contributed by atoms with E-state index < -0.39 is 11.7 Å². The summed E-state index contributed by atoms with van der Waals surface area (Å²) in [5.74, 6) is 0.514. The molecule has 0 unspecified atom stereocenters. The molecule has 0 radical (unpaired) electrons. The number of rotatable bonds is 3. The Morgan fingerprint density at radius 3 is 2.57 bits per heavy atom. The topological polar surface area (TPSA) is 91.1 Å². The number of imidazole rings is 1. The summed E-state index contributed by atoms with van der Waals surface area (Å²) >= 11 is 0. The Bertz CT molecular complexity index is 732. The van der Waals surface area contributed by atoms with Crippen LogP contribution in [-0.2, 0) is 11.2 Å². The monoisotopic (exact) mass is 310 g/mol. The summed E-state index contributed by atoms with van der Waals surface area (Å²) in [6.07, 6.45) is 3.01. The normalized spacial score (nSPS) is 11.8. The van der Waals surface area contributed by atoms with Crippen molar-refractivity contribution in [2.75, 3.05) is 0 Å². The van der Waals surface area contributed by atoms with Crippen LogP contribution in [0.15, 0.2) is 41.7 Å². The lowest BCUT2D eigenvalue weighted by atomic mass is 10.1. The molecule has 2 rings (SSSR count). The molecule has 0 saturated heterocycles. The molecule has 1 heterocycles. The van der Waals surface area contributed by atoms with Crippen LogP contribution in [-0.4, -0.2) is 27.4 Å². The van der Waals surface area contributed by atoms with Gasteiger partial charge >= 0.3 is 6.09 Å². The van der Waals surface area contributed by atoms with E-state index >= 15 is 0 Å². The molecule has 0 saturated carbocycles. The molecule has 0 spiro atoms. The lowest BCUT2D eigenvalue weighted by molar-refractivity contribution is 0.0604. The number of aliphatic imine (C=N–C) groups is 1. The zero-order chi connectivity index (χ0) is 16.9. The van der Waals surface area contributed by atoms with Crippen molar-refractivity contribution in [3.63, 3.8) is 0 Å². The van der Waals surface area contributed by atoms with Crippen LogP contribution in [0.5, 0.6) is 0 Å². The SMILES string of the molecule is CC(C)(C)OC(=O)N=C(Cc1ccc(C#N)cc1)c1ncc[nH]1. The van der Waals surface area contributed by atoms with E-state index in [0.717, 1.165) is 5.56 Å². The minimum Gasteiger partial charge on any atom is -0.442 e. The second kappa shape index (κ2) is 6.88. The van der Waals surface area contributed by atoms with Crippen LogP contribution < -0.4 is 0 Å². The van der Waals surface area contributed by atoms with Gasteiger partial charge in [-0.3, -0.25) is 0 Å². The van der Waals surface area contributed by atoms with Crippen molar-refractivity contribution in [1.29, 1.82) is 5.26 Å². The van der Waals surface area contributed by atoms with Crippen molar-refractivity contribution in [1.82, 2.24) is 9.97 Å². The van der Waals surface area contributed by atoms with Crippen molar-refractivity contribution >= 4 is 11.8 Å². The van der Waals surface area contributed by atoms with Crippen molar-refractivity contribution in [2.24, 2.45) is 4.99 Å². The summed E-state index contributed by atoms with van der Waals surface area (Å²) in [5, 5.41) is 8.84. The van der Waals surface area contributed by atoms with Crippen LogP contribution in [0.2, 0.25) is 0 Å². The van der Waals surface area contributed by atoms with Gasteiger partial charge in [0.25, 0.3) is 0 Å². The molecular weight excluding hydrogens is 292 g/mol. The lowest BCUT2D eigenvalue weighted by Crippen LogP contribution is -2.23. The highest BCUT2D eigenvalue weighted by Gasteiger charge is 2.17. The van der Waals surface area contributed by atoms with E-state index in [1.165, 1.54) is 0 Å². The van der Waals surface area contributed by atoms with E-state index in [0.29, 0.717) is 23.5 Å². The van der Waals surface area contributed by atoms with Gasteiger partial charge in [-0.05, 0) is 38.5 Å². The highest BCUT2D eigenvalue weighted by atomic mass is 16.6. The minimum atomic E-state index is -0.655. The largest absolute Gasteiger partial charge is 0.442 e. The summed E-state index contributed by atoms with van der Waals surface area (Å²) in [6, 6.07) is 9.17. The van der Waals surface area contributed by atoms with Gasteiger partial charge in [-0.2, -0.15) is 10.3 Å². The number of ether oxygens (including phenoxy) is 1. The summed E-state index contributed by atoms with van der Waals surface area (Å²) in [7, 11) is 0. The molecule has 1 N–H and O–H groups in total. The highest BCUT2D eigenvalue weighted by molar-refractivity contribution is 6.04. The Morgan fingerprint density at radius 1 is 1.35 bits per heavy atom. The first-order valence-corrected chi connectivity index (χ1v) is 7.17. The average Bonchev–Trinajstić information content (AvgIpc) is 2.99. The molecule has 0 aliphatic rings. The zero-order valence-electron chi connectivity index (χ0n) is 13.3. The van der Waals surface area contributed by atoms with Gasteiger partial charge < -0.3 is 9.72 Å². The van der Waals surface area contributed by atoms with Crippen LogP contribution >= 0.6 is 0 Å². The number of nitrogens with one attached hydrogen (secondary N) is 1. The van der Waals surface area contributed by atoms with Gasteiger partial charge in [0.05, 0.1) is 17.3 Å². The first kappa shape index (κ1) is 16.4. The third kappa shape index (κ3) is 5.08. The van der Waals surface area contributed by atoms with E-state index in [1.807, 2.05) is 12.1 Å². The fraction of sp³-hybridized carbons (Fsp3) is 0.294. The van der Waals surface area contributed by atoms with Crippen molar-refractivity contribution in [2.45, 2.75) is 32.8 Å². The molecule has 6 nitrogen and oxygen atoms in total. The Kier molecular flexibility index (Phi) is 4.91. The van der Waals surface area contributed by atoms with E-state index in [1.54, 1.807) is 45.3 Å². The Morgan fingerprint density at radius 2 is 2.04 bits per heavy atom.